The summed E-state index contributed by atoms with van der Waals surface area (Å²) in [4.78, 5) is 15.4. The highest BCUT2D eigenvalue weighted by Crippen LogP contribution is 2.32. The van der Waals surface area contributed by atoms with Crippen molar-refractivity contribution >= 4 is 16.8 Å². The summed E-state index contributed by atoms with van der Waals surface area (Å²) < 4.78 is 0. The smallest absolute Gasteiger partial charge is 0.223 e. The lowest BCUT2D eigenvalue weighted by Gasteiger charge is -2.18. The highest BCUT2D eigenvalue weighted by molar-refractivity contribution is 5.84. The van der Waals surface area contributed by atoms with Crippen LogP contribution in [0.5, 0.6) is 0 Å². The van der Waals surface area contributed by atoms with Gasteiger partial charge in [0.05, 0.1) is 0 Å². The van der Waals surface area contributed by atoms with Gasteiger partial charge in [-0.1, -0.05) is 48.5 Å². The summed E-state index contributed by atoms with van der Waals surface area (Å²) in [5.41, 5.74) is 3.60. The Morgan fingerprint density at radius 1 is 1.09 bits per heavy atom. The first-order chi connectivity index (χ1) is 11.3. The average Bonchev–Trinajstić information content (AvgIpc) is 3.37. The molecule has 3 aromatic rings. The number of hydrogen-bond donors (Lipinski definition) is 2. The van der Waals surface area contributed by atoms with Gasteiger partial charge in [0.15, 0.2) is 0 Å². The normalized spacial score (nSPS) is 15.5. The number of H-pyrrole nitrogens is 1. The van der Waals surface area contributed by atoms with Crippen LogP contribution in [-0.2, 0) is 4.79 Å². The SMILES string of the molecule is O=C(NCC(c1ccccc1)c1c[nH]c2ccccc12)C1CC1. The van der Waals surface area contributed by atoms with Crippen molar-refractivity contribution in [2.24, 2.45) is 5.92 Å². The average molecular weight is 304 g/mol. The van der Waals surface area contributed by atoms with Crippen molar-refractivity contribution in [1.29, 1.82) is 0 Å². The number of nitrogens with one attached hydrogen (secondary N) is 2. The summed E-state index contributed by atoms with van der Waals surface area (Å²) in [6.07, 6.45) is 4.15. The summed E-state index contributed by atoms with van der Waals surface area (Å²) >= 11 is 0. The van der Waals surface area contributed by atoms with Crippen LogP contribution >= 0.6 is 0 Å². The molecule has 0 aliphatic heterocycles. The summed E-state index contributed by atoms with van der Waals surface area (Å²) in [6.45, 7) is 0.640. The van der Waals surface area contributed by atoms with Crippen molar-refractivity contribution in [3.8, 4) is 0 Å². The van der Waals surface area contributed by atoms with Gasteiger partial charge in [0.1, 0.15) is 0 Å². The minimum atomic E-state index is 0.162. The summed E-state index contributed by atoms with van der Waals surface area (Å²) in [7, 11) is 0. The molecule has 1 aliphatic rings. The molecule has 2 N–H and O–H groups in total. The first-order valence-corrected chi connectivity index (χ1v) is 8.21. The highest BCUT2D eigenvalue weighted by Gasteiger charge is 2.30. The molecular formula is C20H20N2O. The standard InChI is InChI=1S/C20H20N2O/c23-20(15-10-11-15)22-12-17(14-6-2-1-3-7-14)18-13-21-19-9-5-4-8-16(18)19/h1-9,13,15,17,21H,10-12H2,(H,22,23). The monoisotopic (exact) mass is 304 g/mol. The Morgan fingerprint density at radius 2 is 1.83 bits per heavy atom. The van der Waals surface area contributed by atoms with Gasteiger partial charge in [0.25, 0.3) is 0 Å². The van der Waals surface area contributed by atoms with Gasteiger partial charge in [-0.3, -0.25) is 4.79 Å². The number of para-hydroxylation sites is 1. The maximum absolute atomic E-state index is 12.1. The number of fused-ring (bicyclic) bond motifs is 1. The van der Waals surface area contributed by atoms with E-state index in [0.29, 0.717) is 6.54 Å². The topological polar surface area (TPSA) is 44.9 Å². The van der Waals surface area contributed by atoms with E-state index in [1.165, 1.54) is 16.5 Å². The lowest BCUT2D eigenvalue weighted by atomic mass is 9.91. The van der Waals surface area contributed by atoms with Crippen molar-refractivity contribution in [3.63, 3.8) is 0 Å². The summed E-state index contributed by atoms with van der Waals surface area (Å²) in [5.74, 6) is 0.607. The Hall–Kier alpha value is -2.55. The van der Waals surface area contributed by atoms with Crippen LogP contribution in [0.15, 0.2) is 60.8 Å². The lowest BCUT2D eigenvalue weighted by molar-refractivity contribution is -0.122. The Kier molecular flexibility index (Phi) is 3.62. The third-order valence-electron chi connectivity index (χ3n) is 4.63. The summed E-state index contributed by atoms with van der Waals surface area (Å²) in [5, 5.41) is 4.37. The molecule has 2 aromatic carbocycles. The fraction of sp³-hybridized carbons (Fsp3) is 0.250. The third kappa shape index (κ3) is 2.87. The van der Waals surface area contributed by atoms with E-state index in [0.717, 1.165) is 18.4 Å². The molecule has 116 valence electrons. The quantitative estimate of drug-likeness (QED) is 0.739. The predicted octanol–water partition coefficient (Wildman–Crippen LogP) is 3.83. The van der Waals surface area contributed by atoms with E-state index in [1.54, 1.807) is 0 Å². The van der Waals surface area contributed by atoms with E-state index in [1.807, 2.05) is 12.1 Å². The second kappa shape index (κ2) is 5.92. The molecule has 1 amide bonds. The van der Waals surface area contributed by atoms with E-state index < -0.39 is 0 Å². The molecular weight excluding hydrogens is 284 g/mol. The van der Waals surface area contributed by atoms with Gasteiger partial charge < -0.3 is 10.3 Å². The van der Waals surface area contributed by atoms with Crippen molar-refractivity contribution in [2.45, 2.75) is 18.8 Å². The molecule has 1 aliphatic carbocycles. The van der Waals surface area contributed by atoms with Gasteiger partial charge in [-0.05, 0) is 30.0 Å². The highest BCUT2D eigenvalue weighted by atomic mass is 16.2. The molecule has 1 fully saturated rings. The largest absolute Gasteiger partial charge is 0.361 e. The van der Waals surface area contributed by atoms with Gasteiger partial charge >= 0.3 is 0 Å². The molecule has 4 rings (SSSR count). The predicted molar refractivity (Wildman–Crippen MR) is 92.3 cm³/mol. The molecule has 1 unspecified atom stereocenters. The Morgan fingerprint density at radius 3 is 2.61 bits per heavy atom. The number of carbonyl (C=O) groups is 1. The molecule has 0 radical (unpaired) electrons. The van der Waals surface area contributed by atoms with Gasteiger partial charge in [-0.2, -0.15) is 0 Å². The maximum Gasteiger partial charge on any atom is 0.223 e. The van der Waals surface area contributed by atoms with Crippen molar-refractivity contribution in [2.75, 3.05) is 6.54 Å². The number of aromatic nitrogens is 1. The molecule has 3 heteroatoms. The van der Waals surface area contributed by atoms with Crippen LogP contribution in [0.4, 0.5) is 0 Å². The van der Waals surface area contributed by atoms with E-state index in [4.69, 9.17) is 0 Å². The number of hydrogen-bond acceptors (Lipinski definition) is 1. The molecule has 1 saturated carbocycles. The summed E-state index contributed by atoms with van der Waals surface area (Å²) in [6, 6.07) is 18.7. The van der Waals surface area contributed by atoms with E-state index in [9.17, 15) is 4.79 Å². The second-order valence-corrected chi connectivity index (χ2v) is 6.27. The third-order valence-corrected chi connectivity index (χ3v) is 4.63. The second-order valence-electron chi connectivity index (χ2n) is 6.27. The van der Waals surface area contributed by atoms with Crippen LogP contribution < -0.4 is 5.32 Å². The van der Waals surface area contributed by atoms with Crippen LogP contribution in [0.2, 0.25) is 0 Å². The van der Waals surface area contributed by atoms with E-state index >= 15 is 0 Å². The number of carbonyl (C=O) groups excluding carboxylic acids is 1. The Bertz CT molecular complexity index is 818. The maximum atomic E-state index is 12.1. The van der Waals surface area contributed by atoms with Crippen LogP contribution in [0.25, 0.3) is 10.9 Å². The Balaban J connectivity index is 1.68. The fourth-order valence-electron chi connectivity index (χ4n) is 3.17. The molecule has 23 heavy (non-hydrogen) atoms. The van der Waals surface area contributed by atoms with Crippen molar-refractivity contribution in [1.82, 2.24) is 10.3 Å². The molecule has 1 aromatic heterocycles. The zero-order valence-corrected chi connectivity index (χ0v) is 13.0. The minimum Gasteiger partial charge on any atom is -0.361 e. The van der Waals surface area contributed by atoms with E-state index in [2.05, 4.69) is 59.0 Å². The fourth-order valence-corrected chi connectivity index (χ4v) is 3.17. The lowest BCUT2D eigenvalue weighted by Crippen LogP contribution is -2.29. The molecule has 0 bridgehead atoms. The molecule has 1 atom stereocenters. The van der Waals surface area contributed by atoms with E-state index in [-0.39, 0.29) is 17.7 Å². The van der Waals surface area contributed by atoms with Crippen molar-refractivity contribution < 1.29 is 4.79 Å². The van der Waals surface area contributed by atoms with Crippen LogP contribution in [0, 0.1) is 5.92 Å². The zero-order valence-electron chi connectivity index (χ0n) is 13.0. The molecule has 0 spiro atoms. The Labute approximate surface area is 135 Å². The minimum absolute atomic E-state index is 0.162. The molecule has 3 nitrogen and oxygen atoms in total. The zero-order chi connectivity index (χ0) is 15.6. The number of benzene rings is 2. The van der Waals surface area contributed by atoms with Crippen LogP contribution in [-0.4, -0.2) is 17.4 Å². The number of rotatable bonds is 5. The first-order valence-electron chi connectivity index (χ1n) is 8.21. The van der Waals surface area contributed by atoms with Crippen LogP contribution in [0.3, 0.4) is 0 Å². The van der Waals surface area contributed by atoms with Gasteiger partial charge in [-0.15, -0.1) is 0 Å². The molecule has 1 heterocycles. The van der Waals surface area contributed by atoms with Gasteiger partial charge in [0.2, 0.25) is 5.91 Å². The number of amides is 1. The number of aromatic amines is 1. The van der Waals surface area contributed by atoms with Gasteiger partial charge in [-0.25, -0.2) is 0 Å². The van der Waals surface area contributed by atoms with Crippen LogP contribution in [0.1, 0.15) is 29.9 Å². The molecule has 0 saturated heterocycles. The van der Waals surface area contributed by atoms with Crippen molar-refractivity contribution in [3.05, 3.63) is 71.9 Å². The van der Waals surface area contributed by atoms with Gasteiger partial charge in [0, 0.05) is 35.5 Å². The first kappa shape index (κ1) is 14.1.